The Balaban J connectivity index is 2.39. The van der Waals surface area contributed by atoms with Crippen LogP contribution in [-0.4, -0.2) is 17.0 Å². The van der Waals surface area contributed by atoms with Gasteiger partial charge in [-0.15, -0.1) is 0 Å². The number of hydrogen-bond acceptors (Lipinski definition) is 2. The van der Waals surface area contributed by atoms with Crippen molar-refractivity contribution >= 4 is 17.6 Å². The number of amides is 1. The summed E-state index contributed by atoms with van der Waals surface area (Å²) in [4.78, 5) is 22.6. The van der Waals surface area contributed by atoms with Gasteiger partial charge in [0.1, 0.15) is 5.82 Å². The van der Waals surface area contributed by atoms with Crippen LogP contribution in [0.25, 0.3) is 0 Å². The highest BCUT2D eigenvalue weighted by Gasteiger charge is 2.32. The van der Waals surface area contributed by atoms with Crippen LogP contribution in [0.3, 0.4) is 0 Å². The number of rotatable bonds is 3. The third-order valence-electron chi connectivity index (χ3n) is 3.51. The average molecular weight is 265 g/mol. The lowest BCUT2D eigenvalue weighted by atomic mass is 9.85. The molecule has 0 aliphatic carbocycles. The van der Waals surface area contributed by atoms with E-state index in [1.807, 2.05) is 0 Å². The third kappa shape index (κ3) is 2.32. The number of benzene rings is 1. The molecule has 2 rings (SSSR count). The van der Waals surface area contributed by atoms with Crippen LogP contribution in [0.15, 0.2) is 12.1 Å². The number of halogens is 1. The second kappa shape index (κ2) is 4.33. The predicted octanol–water partition coefficient (Wildman–Crippen LogP) is 2.53. The zero-order chi connectivity index (χ0) is 14.4. The van der Waals surface area contributed by atoms with Gasteiger partial charge >= 0.3 is 5.97 Å². The van der Waals surface area contributed by atoms with Crippen LogP contribution in [0.2, 0.25) is 0 Å². The molecule has 1 aromatic rings. The first-order valence-electron chi connectivity index (χ1n) is 6.09. The molecule has 0 aromatic heterocycles. The van der Waals surface area contributed by atoms with Crippen LogP contribution in [0.4, 0.5) is 10.1 Å². The quantitative estimate of drug-likeness (QED) is 0.882. The number of aliphatic carboxylic acids is 1. The zero-order valence-corrected chi connectivity index (χ0v) is 11.1. The molecule has 1 heterocycles. The van der Waals surface area contributed by atoms with Crippen molar-refractivity contribution in [1.82, 2.24) is 0 Å². The van der Waals surface area contributed by atoms with Crippen LogP contribution < -0.4 is 5.32 Å². The molecule has 5 heteroatoms. The Kier molecular flexibility index (Phi) is 3.08. The number of nitrogens with one attached hydrogen (secondary N) is 1. The van der Waals surface area contributed by atoms with E-state index in [0.717, 1.165) is 0 Å². The number of anilines is 1. The molecule has 0 spiro atoms. The van der Waals surface area contributed by atoms with Crippen molar-refractivity contribution in [3.8, 4) is 0 Å². The number of carbonyl (C=O) groups is 2. The number of hydrogen-bond donors (Lipinski definition) is 2. The van der Waals surface area contributed by atoms with Gasteiger partial charge in [0, 0.05) is 0 Å². The van der Waals surface area contributed by atoms with E-state index in [1.54, 1.807) is 26.8 Å². The van der Waals surface area contributed by atoms with Crippen LogP contribution in [-0.2, 0) is 16.0 Å². The minimum absolute atomic E-state index is 0.216. The smallest absolute Gasteiger partial charge is 0.309 e. The molecule has 4 nitrogen and oxygen atoms in total. The van der Waals surface area contributed by atoms with Crippen molar-refractivity contribution < 1.29 is 19.1 Å². The fraction of sp³-hybridized carbons (Fsp3) is 0.429. The summed E-state index contributed by atoms with van der Waals surface area (Å²) in [5.41, 5.74) is 0.433. The Bertz CT molecular complexity index is 566. The highest BCUT2D eigenvalue weighted by atomic mass is 19.1. The summed E-state index contributed by atoms with van der Waals surface area (Å²) in [6.45, 7) is 4.88. The highest BCUT2D eigenvalue weighted by molar-refractivity contribution is 6.02. The Labute approximate surface area is 110 Å². The van der Waals surface area contributed by atoms with Gasteiger partial charge in [0.2, 0.25) is 5.91 Å². The van der Waals surface area contributed by atoms with Crippen LogP contribution >= 0.6 is 0 Å². The van der Waals surface area contributed by atoms with Gasteiger partial charge in [-0.05, 0) is 44.4 Å². The van der Waals surface area contributed by atoms with Crippen LogP contribution in [0, 0.1) is 11.2 Å². The third-order valence-corrected chi connectivity index (χ3v) is 3.51. The van der Waals surface area contributed by atoms with Crippen LogP contribution in [0.5, 0.6) is 0 Å². The highest BCUT2D eigenvalue weighted by Crippen LogP contribution is 2.36. The first-order chi connectivity index (χ1) is 8.72. The molecule has 1 aliphatic heterocycles. The standard InChI is InChI=1S/C14H16FNO3/c1-7-9-4-8(6-14(2,3)13(18)19)5-10(15)11(9)16-12(7)17/h4-5,7H,6H2,1-3H3,(H,16,17)(H,18,19). The molecule has 19 heavy (non-hydrogen) atoms. The maximum Gasteiger partial charge on any atom is 0.309 e. The fourth-order valence-corrected chi connectivity index (χ4v) is 2.22. The fourth-order valence-electron chi connectivity index (χ4n) is 2.22. The van der Waals surface area contributed by atoms with Crippen molar-refractivity contribution in [3.63, 3.8) is 0 Å². The van der Waals surface area contributed by atoms with Gasteiger partial charge in [0.05, 0.1) is 17.0 Å². The van der Waals surface area contributed by atoms with E-state index in [2.05, 4.69) is 5.32 Å². The van der Waals surface area contributed by atoms with E-state index < -0.39 is 23.1 Å². The SMILES string of the molecule is CC1C(=O)Nc2c(F)cc(CC(C)(C)C(=O)O)cc21. The van der Waals surface area contributed by atoms with E-state index in [4.69, 9.17) is 5.11 Å². The first-order valence-corrected chi connectivity index (χ1v) is 6.09. The van der Waals surface area contributed by atoms with Gasteiger partial charge in [0.15, 0.2) is 0 Å². The second-order valence-electron chi connectivity index (χ2n) is 5.62. The molecule has 0 radical (unpaired) electrons. The summed E-state index contributed by atoms with van der Waals surface area (Å²) in [6, 6.07) is 3.01. The maximum atomic E-state index is 13.9. The van der Waals surface area contributed by atoms with E-state index in [-0.39, 0.29) is 18.0 Å². The molecular formula is C14H16FNO3. The van der Waals surface area contributed by atoms with Crippen molar-refractivity contribution in [2.45, 2.75) is 33.1 Å². The second-order valence-corrected chi connectivity index (χ2v) is 5.62. The van der Waals surface area contributed by atoms with Gasteiger partial charge in [-0.25, -0.2) is 4.39 Å². The Morgan fingerprint density at radius 2 is 2.11 bits per heavy atom. The summed E-state index contributed by atoms with van der Waals surface area (Å²) in [6.07, 6.45) is 0.216. The monoisotopic (exact) mass is 265 g/mol. The molecule has 102 valence electrons. The normalized spacial score (nSPS) is 18.1. The molecule has 1 atom stereocenters. The Morgan fingerprint density at radius 1 is 1.47 bits per heavy atom. The Morgan fingerprint density at radius 3 is 2.68 bits per heavy atom. The van der Waals surface area contributed by atoms with Crippen molar-refractivity contribution in [1.29, 1.82) is 0 Å². The molecule has 2 N–H and O–H groups in total. The summed E-state index contributed by atoms with van der Waals surface area (Å²) in [5.74, 6) is -2.08. The lowest BCUT2D eigenvalue weighted by molar-refractivity contribution is -0.146. The minimum atomic E-state index is -0.972. The molecule has 1 unspecified atom stereocenters. The number of carboxylic acids is 1. The summed E-state index contributed by atoms with van der Waals surface area (Å²) in [5, 5.41) is 11.6. The number of carbonyl (C=O) groups excluding carboxylic acids is 1. The van der Waals surface area contributed by atoms with Gasteiger partial charge in [-0.2, -0.15) is 0 Å². The zero-order valence-electron chi connectivity index (χ0n) is 11.1. The summed E-state index contributed by atoms with van der Waals surface area (Å²) in [7, 11) is 0. The number of carboxylic acid groups (broad SMARTS) is 1. The topological polar surface area (TPSA) is 66.4 Å². The average Bonchev–Trinajstić information content (AvgIpc) is 2.56. The van der Waals surface area contributed by atoms with E-state index in [9.17, 15) is 14.0 Å². The van der Waals surface area contributed by atoms with E-state index in [0.29, 0.717) is 11.1 Å². The first kappa shape index (κ1) is 13.5. The molecule has 1 aromatic carbocycles. The minimum Gasteiger partial charge on any atom is -0.481 e. The predicted molar refractivity (Wildman–Crippen MR) is 68.6 cm³/mol. The van der Waals surface area contributed by atoms with E-state index >= 15 is 0 Å². The molecule has 1 amide bonds. The molecule has 0 bridgehead atoms. The summed E-state index contributed by atoms with van der Waals surface area (Å²) >= 11 is 0. The lowest BCUT2D eigenvalue weighted by Gasteiger charge is -2.19. The van der Waals surface area contributed by atoms with Crippen molar-refractivity contribution in [2.24, 2.45) is 5.41 Å². The molecular weight excluding hydrogens is 249 g/mol. The van der Waals surface area contributed by atoms with Crippen LogP contribution in [0.1, 0.15) is 37.8 Å². The molecule has 0 saturated heterocycles. The largest absolute Gasteiger partial charge is 0.481 e. The van der Waals surface area contributed by atoms with Gasteiger partial charge in [0.25, 0.3) is 0 Å². The van der Waals surface area contributed by atoms with Crippen molar-refractivity contribution in [2.75, 3.05) is 5.32 Å². The van der Waals surface area contributed by atoms with Gasteiger partial charge in [-0.1, -0.05) is 6.07 Å². The summed E-state index contributed by atoms with van der Waals surface area (Å²) < 4.78 is 13.9. The molecule has 0 saturated carbocycles. The molecule has 1 aliphatic rings. The maximum absolute atomic E-state index is 13.9. The Hall–Kier alpha value is -1.91. The molecule has 0 fully saturated rings. The van der Waals surface area contributed by atoms with E-state index in [1.165, 1.54) is 6.07 Å². The van der Waals surface area contributed by atoms with Gasteiger partial charge in [-0.3, -0.25) is 9.59 Å². The lowest BCUT2D eigenvalue weighted by Crippen LogP contribution is -2.26. The number of fused-ring (bicyclic) bond motifs is 1. The van der Waals surface area contributed by atoms with Gasteiger partial charge < -0.3 is 10.4 Å². The van der Waals surface area contributed by atoms with Crippen molar-refractivity contribution in [3.05, 3.63) is 29.1 Å².